The largest absolute Gasteiger partial charge is 0.309 e. The van der Waals surface area contributed by atoms with Crippen LogP contribution in [0.5, 0.6) is 0 Å². The summed E-state index contributed by atoms with van der Waals surface area (Å²) in [6.45, 7) is 5.02. The lowest BCUT2D eigenvalue weighted by molar-refractivity contribution is 0.582. The van der Waals surface area contributed by atoms with Crippen molar-refractivity contribution in [2.45, 2.75) is 19.9 Å². The smallest absolute Gasteiger partial charge is 0.222 e. The van der Waals surface area contributed by atoms with Crippen molar-refractivity contribution in [3.8, 4) is 0 Å². The molecule has 0 aliphatic heterocycles. The molecule has 0 saturated carbocycles. The van der Waals surface area contributed by atoms with Gasteiger partial charge >= 0.3 is 0 Å². The molecule has 0 spiro atoms. The summed E-state index contributed by atoms with van der Waals surface area (Å²) in [6.07, 6.45) is 1.67. The zero-order valence-electron chi connectivity index (χ0n) is 7.21. The SMILES string of the molecule is CCNC(C)c1ccnc(Cl)n1. The van der Waals surface area contributed by atoms with E-state index in [2.05, 4.69) is 22.2 Å². The fraction of sp³-hybridized carbons (Fsp3) is 0.500. The van der Waals surface area contributed by atoms with E-state index in [1.165, 1.54) is 0 Å². The second kappa shape index (κ2) is 4.38. The Balaban J connectivity index is 2.73. The van der Waals surface area contributed by atoms with Crippen molar-refractivity contribution in [1.82, 2.24) is 15.3 Å². The van der Waals surface area contributed by atoms with Gasteiger partial charge in [0.15, 0.2) is 0 Å². The van der Waals surface area contributed by atoms with Gasteiger partial charge in [0.05, 0.1) is 5.69 Å². The predicted molar refractivity (Wildman–Crippen MR) is 49.1 cm³/mol. The lowest BCUT2D eigenvalue weighted by Gasteiger charge is -2.10. The van der Waals surface area contributed by atoms with Crippen LogP contribution >= 0.6 is 11.6 Å². The van der Waals surface area contributed by atoms with Crippen LogP contribution in [0.1, 0.15) is 25.6 Å². The first kappa shape index (κ1) is 9.42. The first-order valence-electron chi connectivity index (χ1n) is 3.96. The fourth-order valence-corrected chi connectivity index (χ4v) is 1.15. The maximum atomic E-state index is 5.64. The lowest BCUT2D eigenvalue weighted by Crippen LogP contribution is -2.18. The van der Waals surface area contributed by atoms with Crippen LogP contribution in [0.15, 0.2) is 12.3 Å². The van der Waals surface area contributed by atoms with E-state index in [-0.39, 0.29) is 6.04 Å². The van der Waals surface area contributed by atoms with E-state index in [1.807, 2.05) is 13.0 Å². The monoisotopic (exact) mass is 185 g/mol. The van der Waals surface area contributed by atoms with Gasteiger partial charge < -0.3 is 5.32 Å². The molecule has 0 bridgehead atoms. The molecule has 0 saturated heterocycles. The summed E-state index contributed by atoms with van der Waals surface area (Å²) in [5.74, 6) is 0. The summed E-state index contributed by atoms with van der Waals surface area (Å²) in [4.78, 5) is 7.89. The molecular formula is C8H12ClN3. The highest BCUT2D eigenvalue weighted by Crippen LogP contribution is 2.09. The third-order valence-electron chi connectivity index (χ3n) is 1.60. The molecule has 1 aromatic rings. The lowest BCUT2D eigenvalue weighted by atomic mass is 10.2. The van der Waals surface area contributed by atoms with Gasteiger partial charge in [-0.1, -0.05) is 6.92 Å². The molecule has 0 amide bonds. The standard InChI is InChI=1S/C8H12ClN3/c1-3-10-6(2)7-4-5-11-8(9)12-7/h4-6,10H,3H2,1-2H3. The number of nitrogens with one attached hydrogen (secondary N) is 1. The van der Waals surface area contributed by atoms with Gasteiger partial charge in [-0.05, 0) is 31.1 Å². The third-order valence-corrected chi connectivity index (χ3v) is 1.78. The molecule has 12 heavy (non-hydrogen) atoms. The average Bonchev–Trinajstić information content (AvgIpc) is 2.05. The molecule has 1 aromatic heterocycles. The van der Waals surface area contributed by atoms with E-state index in [0.717, 1.165) is 12.2 Å². The van der Waals surface area contributed by atoms with Gasteiger partial charge in [-0.15, -0.1) is 0 Å². The van der Waals surface area contributed by atoms with Crippen molar-refractivity contribution in [2.75, 3.05) is 6.54 Å². The molecule has 0 aliphatic carbocycles. The summed E-state index contributed by atoms with van der Waals surface area (Å²) < 4.78 is 0. The summed E-state index contributed by atoms with van der Waals surface area (Å²) >= 11 is 5.64. The fourth-order valence-electron chi connectivity index (χ4n) is 1.000. The molecule has 1 heterocycles. The first-order valence-corrected chi connectivity index (χ1v) is 4.33. The normalized spacial score (nSPS) is 12.9. The quantitative estimate of drug-likeness (QED) is 0.730. The van der Waals surface area contributed by atoms with Crippen LogP contribution in [0.4, 0.5) is 0 Å². The van der Waals surface area contributed by atoms with Crippen molar-refractivity contribution in [2.24, 2.45) is 0 Å². The van der Waals surface area contributed by atoms with E-state index in [1.54, 1.807) is 6.20 Å². The summed E-state index contributed by atoms with van der Waals surface area (Å²) in [6, 6.07) is 2.09. The Hall–Kier alpha value is -0.670. The summed E-state index contributed by atoms with van der Waals surface area (Å²) in [5.41, 5.74) is 0.928. The number of halogens is 1. The third kappa shape index (κ3) is 2.43. The van der Waals surface area contributed by atoms with E-state index in [4.69, 9.17) is 11.6 Å². The second-order valence-electron chi connectivity index (χ2n) is 2.53. The minimum atomic E-state index is 0.232. The van der Waals surface area contributed by atoms with Crippen molar-refractivity contribution in [1.29, 1.82) is 0 Å². The van der Waals surface area contributed by atoms with Gasteiger partial charge in [-0.3, -0.25) is 0 Å². The number of rotatable bonds is 3. The van der Waals surface area contributed by atoms with E-state index >= 15 is 0 Å². The van der Waals surface area contributed by atoms with Gasteiger partial charge in [-0.25, -0.2) is 9.97 Å². The minimum absolute atomic E-state index is 0.232. The number of hydrogen-bond acceptors (Lipinski definition) is 3. The Morgan fingerprint density at radius 1 is 1.67 bits per heavy atom. The minimum Gasteiger partial charge on any atom is -0.309 e. The highest BCUT2D eigenvalue weighted by molar-refractivity contribution is 6.28. The van der Waals surface area contributed by atoms with Gasteiger partial charge in [0, 0.05) is 12.2 Å². The number of hydrogen-bond donors (Lipinski definition) is 1. The zero-order chi connectivity index (χ0) is 8.97. The van der Waals surface area contributed by atoms with Gasteiger partial charge in [0.1, 0.15) is 0 Å². The van der Waals surface area contributed by atoms with Crippen LogP contribution in [0, 0.1) is 0 Å². The molecule has 3 nitrogen and oxygen atoms in total. The average molecular weight is 186 g/mol. The van der Waals surface area contributed by atoms with E-state index in [9.17, 15) is 0 Å². The van der Waals surface area contributed by atoms with Crippen molar-refractivity contribution in [3.05, 3.63) is 23.2 Å². The molecule has 1 rings (SSSR count). The Morgan fingerprint density at radius 3 is 3.00 bits per heavy atom. The molecule has 66 valence electrons. The summed E-state index contributed by atoms with van der Waals surface area (Å²) in [7, 11) is 0. The zero-order valence-corrected chi connectivity index (χ0v) is 7.97. The van der Waals surface area contributed by atoms with Gasteiger partial charge in [0.2, 0.25) is 5.28 Å². The highest BCUT2D eigenvalue weighted by atomic mass is 35.5. The first-order chi connectivity index (χ1) is 5.74. The van der Waals surface area contributed by atoms with Gasteiger partial charge in [-0.2, -0.15) is 0 Å². The number of aromatic nitrogens is 2. The molecule has 1 unspecified atom stereocenters. The molecule has 0 aromatic carbocycles. The van der Waals surface area contributed by atoms with Crippen LogP contribution in [0.25, 0.3) is 0 Å². The predicted octanol–water partition coefficient (Wildman–Crippen LogP) is 1.80. The number of nitrogens with zero attached hydrogens (tertiary/aromatic N) is 2. The van der Waals surface area contributed by atoms with Crippen LogP contribution in [-0.2, 0) is 0 Å². The molecule has 0 radical (unpaired) electrons. The van der Waals surface area contributed by atoms with E-state index < -0.39 is 0 Å². The molecule has 4 heteroatoms. The molecule has 0 fully saturated rings. The Labute approximate surface area is 77.2 Å². The van der Waals surface area contributed by atoms with Crippen molar-refractivity contribution >= 4 is 11.6 Å². The van der Waals surface area contributed by atoms with Crippen molar-refractivity contribution in [3.63, 3.8) is 0 Å². The molecule has 1 N–H and O–H groups in total. The molecule has 1 atom stereocenters. The molecular weight excluding hydrogens is 174 g/mol. The topological polar surface area (TPSA) is 37.8 Å². The van der Waals surface area contributed by atoms with Crippen LogP contribution in [-0.4, -0.2) is 16.5 Å². The molecule has 0 aliphatic rings. The maximum Gasteiger partial charge on any atom is 0.222 e. The van der Waals surface area contributed by atoms with Crippen LogP contribution < -0.4 is 5.32 Å². The second-order valence-corrected chi connectivity index (χ2v) is 2.87. The Bertz CT molecular complexity index is 252. The van der Waals surface area contributed by atoms with Gasteiger partial charge in [0.25, 0.3) is 0 Å². The summed E-state index contributed by atoms with van der Waals surface area (Å²) in [5, 5.41) is 3.54. The Morgan fingerprint density at radius 2 is 2.42 bits per heavy atom. The van der Waals surface area contributed by atoms with Crippen LogP contribution in [0.2, 0.25) is 5.28 Å². The van der Waals surface area contributed by atoms with Crippen LogP contribution in [0.3, 0.4) is 0 Å². The Kier molecular flexibility index (Phi) is 3.44. The van der Waals surface area contributed by atoms with E-state index in [0.29, 0.717) is 5.28 Å². The highest BCUT2D eigenvalue weighted by Gasteiger charge is 2.04. The maximum absolute atomic E-state index is 5.64. The van der Waals surface area contributed by atoms with Crippen molar-refractivity contribution < 1.29 is 0 Å².